The van der Waals surface area contributed by atoms with E-state index in [-0.39, 0.29) is 28.9 Å². The fraction of sp³-hybridized carbons (Fsp3) is 0.333. The van der Waals surface area contributed by atoms with Crippen LogP contribution in [0.3, 0.4) is 0 Å². The van der Waals surface area contributed by atoms with E-state index in [4.69, 9.17) is 9.47 Å². The fourth-order valence-corrected chi connectivity index (χ4v) is 5.50. The van der Waals surface area contributed by atoms with Crippen molar-refractivity contribution < 1.29 is 31.9 Å². The zero-order valence-electron chi connectivity index (χ0n) is 23.8. The summed E-state index contributed by atoms with van der Waals surface area (Å²) in [6.45, 7) is 4.64. The predicted molar refractivity (Wildman–Crippen MR) is 155 cm³/mol. The highest BCUT2D eigenvalue weighted by molar-refractivity contribution is 7.92. The predicted octanol–water partition coefficient (Wildman–Crippen LogP) is 4.37. The molecule has 0 heterocycles. The van der Waals surface area contributed by atoms with E-state index in [9.17, 15) is 22.4 Å². The summed E-state index contributed by atoms with van der Waals surface area (Å²) in [5.41, 5.74) is 0.655. The van der Waals surface area contributed by atoms with Crippen molar-refractivity contribution in [2.75, 3.05) is 25.1 Å². The second-order valence-electron chi connectivity index (χ2n) is 9.50. The number of hydrogen-bond donors (Lipinski definition) is 1. The number of methoxy groups -OCH3 is 2. The van der Waals surface area contributed by atoms with Gasteiger partial charge in [0.15, 0.2) is 0 Å². The minimum atomic E-state index is -4.29. The minimum absolute atomic E-state index is 0.0367. The van der Waals surface area contributed by atoms with Crippen LogP contribution in [0.2, 0.25) is 0 Å². The second kappa shape index (κ2) is 14.0. The number of halogens is 1. The van der Waals surface area contributed by atoms with Crippen molar-refractivity contribution in [3.8, 4) is 11.5 Å². The van der Waals surface area contributed by atoms with Crippen LogP contribution < -0.4 is 19.1 Å². The van der Waals surface area contributed by atoms with E-state index in [1.54, 1.807) is 37.3 Å². The molecule has 220 valence electrons. The van der Waals surface area contributed by atoms with Gasteiger partial charge in [-0.2, -0.15) is 0 Å². The number of carbonyl (C=O) groups is 2. The van der Waals surface area contributed by atoms with E-state index in [1.807, 2.05) is 13.8 Å². The maximum Gasteiger partial charge on any atom is 0.264 e. The van der Waals surface area contributed by atoms with Gasteiger partial charge in [0.05, 0.1) is 24.8 Å². The third-order valence-corrected chi connectivity index (χ3v) is 8.47. The van der Waals surface area contributed by atoms with E-state index in [0.717, 1.165) is 4.31 Å². The van der Waals surface area contributed by atoms with Crippen LogP contribution in [0.5, 0.6) is 11.5 Å². The Morgan fingerprint density at radius 1 is 0.951 bits per heavy atom. The molecule has 0 aliphatic rings. The Morgan fingerprint density at radius 2 is 1.61 bits per heavy atom. The van der Waals surface area contributed by atoms with Crippen molar-refractivity contribution in [1.82, 2.24) is 10.2 Å². The molecule has 0 fully saturated rings. The first kappa shape index (κ1) is 31.4. The third-order valence-electron chi connectivity index (χ3n) is 6.70. The van der Waals surface area contributed by atoms with Gasteiger partial charge in [0.1, 0.15) is 29.9 Å². The van der Waals surface area contributed by atoms with E-state index in [0.29, 0.717) is 17.7 Å². The Balaban J connectivity index is 2.10. The van der Waals surface area contributed by atoms with Crippen LogP contribution in [0, 0.1) is 5.82 Å². The minimum Gasteiger partial charge on any atom is -0.497 e. The smallest absolute Gasteiger partial charge is 0.264 e. The zero-order chi connectivity index (χ0) is 30.2. The van der Waals surface area contributed by atoms with Crippen molar-refractivity contribution in [2.24, 2.45) is 0 Å². The molecule has 0 aromatic heterocycles. The highest BCUT2D eigenvalue weighted by Gasteiger charge is 2.34. The Hall–Kier alpha value is -4.12. The first-order valence-corrected chi connectivity index (χ1v) is 14.6. The average molecular weight is 586 g/mol. The molecule has 0 unspecified atom stereocenters. The van der Waals surface area contributed by atoms with Crippen molar-refractivity contribution in [3.05, 3.63) is 84.2 Å². The van der Waals surface area contributed by atoms with Crippen molar-refractivity contribution in [3.63, 3.8) is 0 Å². The van der Waals surface area contributed by atoms with Crippen molar-refractivity contribution in [1.29, 1.82) is 0 Å². The van der Waals surface area contributed by atoms with E-state index in [1.165, 1.54) is 61.6 Å². The lowest BCUT2D eigenvalue weighted by molar-refractivity contribution is -0.139. The van der Waals surface area contributed by atoms with E-state index < -0.39 is 40.2 Å². The molecule has 0 saturated heterocycles. The number of nitrogens with zero attached hydrogens (tertiary/aromatic N) is 2. The Labute approximate surface area is 240 Å². The Morgan fingerprint density at radius 3 is 2.20 bits per heavy atom. The number of hydrogen-bond acceptors (Lipinski definition) is 6. The molecular weight excluding hydrogens is 549 g/mol. The standard InChI is InChI=1S/C30H36FN3O6S/c1-6-21(2)32-30(36)22(3)33(19-23-12-14-24(31)15-13-23)29(35)20-34(41(37,38)26-10-8-7-9-11-26)27-18-25(39-4)16-17-28(27)40-5/h7-18,21-22H,6,19-20H2,1-5H3,(H,32,36)/t21-,22-/m0/s1. The quantitative estimate of drug-likeness (QED) is 0.320. The SMILES string of the molecule is CC[C@H](C)NC(=O)[C@H](C)N(Cc1ccc(F)cc1)C(=O)CN(c1cc(OC)ccc1OC)S(=O)(=O)c1ccccc1. The maximum atomic E-state index is 14.0. The van der Waals surface area contributed by atoms with Gasteiger partial charge in [0, 0.05) is 18.7 Å². The number of rotatable bonds is 13. The number of ether oxygens (including phenoxy) is 2. The van der Waals surface area contributed by atoms with Crippen molar-refractivity contribution >= 4 is 27.5 Å². The molecule has 0 aliphatic heterocycles. The van der Waals surface area contributed by atoms with Gasteiger partial charge in [-0.25, -0.2) is 12.8 Å². The molecule has 3 aromatic rings. The van der Waals surface area contributed by atoms with Crippen LogP contribution in [0.25, 0.3) is 0 Å². The number of amides is 2. The van der Waals surface area contributed by atoms with Gasteiger partial charge in [-0.1, -0.05) is 37.3 Å². The topological polar surface area (TPSA) is 105 Å². The van der Waals surface area contributed by atoms with Gasteiger partial charge >= 0.3 is 0 Å². The van der Waals surface area contributed by atoms with Crippen LogP contribution >= 0.6 is 0 Å². The molecule has 0 aliphatic carbocycles. The lowest BCUT2D eigenvalue weighted by atomic mass is 10.1. The summed E-state index contributed by atoms with van der Waals surface area (Å²) in [5, 5.41) is 2.87. The molecule has 9 nitrogen and oxygen atoms in total. The van der Waals surface area contributed by atoms with Crippen molar-refractivity contribution in [2.45, 2.75) is 50.7 Å². The summed E-state index contributed by atoms with van der Waals surface area (Å²) >= 11 is 0. The van der Waals surface area contributed by atoms with E-state index in [2.05, 4.69) is 5.32 Å². The molecule has 2 amide bonds. The van der Waals surface area contributed by atoms with Crippen LogP contribution in [-0.2, 0) is 26.2 Å². The van der Waals surface area contributed by atoms with Gasteiger partial charge in [-0.3, -0.25) is 13.9 Å². The molecule has 0 radical (unpaired) electrons. The fourth-order valence-electron chi connectivity index (χ4n) is 4.06. The summed E-state index contributed by atoms with van der Waals surface area (Å²) in [5.74, 6) is -0.937. The monoisotopic (exact) mass is 585 g/mol. The summed E-state index contributed by atoms with van der Waals surface area (Å²) in [7, 11) is -1.46. The second-order valence-corrected chi connectivity index (χ2v) is 11.4. The Kier molecular flexibility index (Phi) is 10.7. The molecular formula is C30H36FN3O6S. The number of carbonyl (C=O) groups excluding carboxylic acids is 2. The number of anilines is 1. The summed E-state index contributed by atoms with van der Waals surface area (Å²) in [6.07, 6.45) is 0.684. The van der Waals surface area contributed by atoms with Gasteiger partial charge in [0.2, 0.25) is 11.8 Å². The largest absolute Gasteiger partial charge is 0.497 e. The zero-order valence-corrected chi connectivity index (χ0v) is 24.7. The molecule has 1 N–H and O–H groups in total. The van der Waals surface area contributed by atoms with Crippen LogP contribution in [-0.4, -0.2) is 58.0 Å². The summed E-state index contributed by atoms with van der Waals surface area (Å²) in [4.78, 5) is 28.4. The molecule has 0 bridgehead atoms. The van der Waals surface area contributed by atoms with Gasteiger partial charge in [-0.15, -0.1) is 0 Å². The first-order valence-electron chi connectivity index (χ1n) is 13.2. The van der Waals surface area contributed by atoms with Gasteiger partial charge < -0.3 is 19.7 Å². The third kappa shape index (κ3) is 7.75. The van der Waals surface area contributed by atoms with Crippen LogP contribution in [0.15, 0.2) is 77.7 Å². The molecule has 3 rings (SSSR count). The normalized spacial score (nSPS) is 12.6. The molecule has 11 heteroatoms. The number of nitrogens with one attached hydrogen (secondary N) is 1. The van der Waals surface area contributed by atoms with E-state index >= 15 is 0 Å². The highest BCUT2D eigenvalue weighted by atomic mass is 32.2. The molecule has 0 spiro atoms. The molecule has 41 heavy (non-hydrogen) atoms. The first-order chi connectivity index (χ1) is 19.5. The van der Waals surface area contributed by atoms with Crippen LogP contribution in [0.1, 0.15) is 32.8 Å². The molecule has 3 aromatic carbocycles. The van der Waals surface area contributed by atoms with Crippen LogP contribution in [0.4, 0.5) is 10.1 Å². The average Bonchev–Trinajstić information content (AvgIpc) is 2.98. The van der Waals surface area contributed by atoms with Gasteiger partial charge in [-0.05, 0) is 62.2 Å². The molecule has 0 saturated carbocycles. The highest BCUT2D eigenvalue weighted by Crippen LogP contribution is 2.36. The summed E-state index contributed by atoms with van der Waals surface area (Å²) in [6, 6.07) is 16.8. The maximum absolute atomic E-state index is 14.0. The molecule has 2 atom stereocenters. The Bertz CT molecular complexity index is 1430. The number of benzene rings is 3. The summed E-state index contributed by atoms with van der Waals surface area (Å²) < 4.78 is 53.3. The lowest BCUT2D eigenvalue weighted by Crippen LogP contribution is -2.52. The lowest BCUT2D eigenvalue weighted by Gasteiger charge is -2.33. The number of sulfonamides is 1. The van der Waals surface area contributed by atoms with Gasteiger partial charge in [0.25, 0.3) is 10.0 Å².